The molecule has 0 aliphatic carbocycles. The Morgan fingerprint density at radius 1 is 1.08 bits per heavy atom. The maximum absolute atomic E-state index is 13.9. The zero-order valence-corrected chi connectivity index (χ0v) is 20.6. The summed E-state index contributed by atoms with van der Waals surface area (Å²) in [7, 11) is 1.55. The van der Waals surface area contributed by atoms with Gasteiger partial charge in [0.2, 0.25) is 5.91 Å². The van der Waals surface area contributed by atoms with Crippen molar-refractivity contribution in [2.24, 2.45) is 0 Å². The summed E-state index contributed by atoms with van der Waals surface area (Å²) in [5, 5.41) is 2.99. The average Bonchev–Trinajstić information content (AvgIpc) is 2.93. The Balaban J connectivity index is 1.61. The van der Waals surface area contributed by atoms with Crippen LogP contribution in [0.1, 0.15) is 40.9 Å². The predicted octanol–water partition coefficient (Wildman–Crippen LogP) is 4.36. The van der Waals surface area contributed by atoms with Gasteiger partial charge < -0.3 is 19.7 Å². The minimum absolute atomic E-state index is 0.135. The van der Waals surface area contributed by atoms with E-state index < -0.39 is 6.04 Å². The fourth-order valence-electron chi connectivity index (χ4n) is 4.38. The quantitative estimate of drug-likeness (QED) is 0.456. The SMILES string of the molecule is CCOc1cc(C(=O)N[C@H](Cc2ccccc2)C(=O)N2CC=CCC2c2cccnc2)ccc1OC. The van der Waals surface area contributed by atoms with Crippen molar-refractivity contribution in [2.75, 3.05) is 20.3 Å². The molecule has 186 valence electrons. The molecule has 3 aromatic rings. The lowest BCUT2D eigenvalue weighted by molar-refractivity contribution is -0.135. The predicted molar refractivity (Wildman–Crippen MR) is 138 cm³/mol. The van der Waals surface area contributed by atoms with Gasteiger partial charge in [0.15, 0.2) is 11.5 Å². The van der Waals surface area contributed by atoms with Crippen LogP contribution in [0.15, 0.2) is 85.2 Å². The molecule has 1 aromatic heterocycles. The van der Waals surface area contributed by atoms with E-state index in [0.29, 0.717) is 43.1 Å². The van der Waals surface area contributed by atoms with Gasteiger partial charge in [0, 0.05) is 30.9 Å². The van der Waals surface area contributed by atoms with E-state index in [1.807, 2.05) is 60.4 Å². The van der Waals surface area contributed by atoms with Gasteiger partial charge in [0.25, 0.3) is 5.91 Å². The first-order valence-electron chi connectivity index (χ1n) is 12.1. The van der Waals surface area contributed by atoms with Crippen LogP contribution in [0.25, 0.3) is 0 Å². The summed E-state index contributed by atoms with van der Waals surface area (Å²) >= 11 is 0. The number of nitrogens with one attached hydrogen (secondary N) is 1. The fourth-order valence-corrected chi connectivity index (χ4v) is 4.38. The van der Waals surface area contributed by atoms with E-state index in [-0.39, 0.29) is 17.9 Å². The molecule has 7 heteroatoms. The summed E-state index contributed by atoms with van der Waals surface area (Å²) < 4.78 is 11.0. The monoisotopic (exact) mass is 485 g/mol. The van der Waals surface area contributed by atoms with Gasteiger partial charge in [0.1, 0.15) is 6.04 Å². The smallest absolute Gasteiger partial charge is 0.252 e. The highest BCUT2D eigenvalue weighted by Crippen LogP contribution is 2.30. The molecule has 2 atom stereocenters. The van der Waals surface area contributed by atoms with Gasteiger partial charge in [-0.25, -0.2) is 0 Å². The van der Waals surface area contributed by atoms with Crippen molar-refractivity contribution in [2.45, 2.75) is 31.8 Å². The van der Waals surface area contributed by atoms with Gasteiger partial charge in [-0.1, -0.05) is 48.6 Å². The van der Waals surface area contributed by atoms with Crippen LogP contribution >= 0.6 is 0 Å². The van der Waals surface area contributed by atoms with E-state index in [9.17, 15) is 9.59 Å². The van der Waals surface area contributed by atoms with Crippen molar-refractivity contribution in [3.05, 3.63) is 102 Å². The highest BCUT2D eigenvalue weighted by Gasteiger charge is 2.32. The summed E-state index contributed by atoms with van der Waals surface area (Å²) in [5.74, 6) is 0.545. The second-order valence-electron chi connectivity index (χ2n) is 8.51. The van der Waals surface area contributed by atoms with Crippen LogP contribution in [0.3, 0.4) is 0 Å². The maximum atomic E-state index is 13.9. The standard InChI is InChI=1S/C29H31N3O4/c1-3-36-27-19-22(14-15-26(27)35-2)28(33)31-24(18-21-10-5-4-6-11-21)29(34)32-17-8-7-13-25(32)23-12-9-16-30-20-23/h4-12,14-16,19-20,24-25H,3,13,17-18H2,1-2H3,(H,31,33)/t24-,25?/m1/s1. The van der Waals surface area contributed by atoms with Crippen molar-refractivity contribution in [1.82, 2.24) is 15.2 Å². The minimum Gasteiger partial charge on any atom is -0.493 e. The average molecular weight is 486 g/mol. The zero-order valence-electron chi connectivity index (χ0n) is 20.6. The summed E-state index contributed by atoms with van der Waals surface area (Å²) in [5.41, 5.74) is 2.33. The molecule has 1 aliphatic heterocycles. The third-order valence-corrected chi connectivity index (χ3v) is 6.17. The topological polar surface area (TPSA) is 80.8 Å². The molecular formula is C29H31N3O4. The van der Waals surface area contributed by atoms with Gasteiger partial charge in [-0.15, -0.1) is 0 Å². The first-order chi connectivity index (χ1) is 17.6. The fraction of sp³-hybridized carbons (Fsp3) is 0.276. The van der Waals surface area contributed by atoms with Crippen LogP contribution in [0.2, 0.25) is 0 Å². The van der Waals surface area contributed by atoms with Crippen LogP contribution in [0, 0.1) is 0 Å². The van der Waals surface area contributed by atoms with Crippen LogP contribution in [-0.2, 0) is 11.2 Å². The van der Waals surface area contributed by atoms with Crippen molar-refractivity contribution in [3.8, 4) is 11.5 Å². The third-order valence-electron chi connectivity index (χ3n) is 6.17. The number of rotatable bonds is 9. The number of benzene rings is 2. The van der Waals surface area contributed by atoms with Crippen molar-refractivity contribution in [1.29, 1.82) is 0 Å². The van der Waals surface area contributed by atoms with Gasteiger partial charge >= 0.3 is 0 Å². The van der Waals surface area contributed by atoms with Gasteiger partial charge in [0.05, 0.1) is 19.8 Å². The molecule has 0 spiro atoms. The van der Waals surface area contributed by atoms with E-state index in [1.165, 1.54) is 0 Å². The maximum Gasteiger partial charge on any atom is 0.252 e. The van der Waals surface area contributed by atoms with E-state index in [4.69, 9.17) is 9.47 Å². The molecule has 0 radical (unpaired) electrons. The molecule has 1 aliphatic rings. The van der Waals surface area contributed by atoms with E-state index in [0.717, 1.165) is 11.1 Å². The van der Waals surface area contributed by atoms with Crippen molar-refractivity contribution in [3.63, 3.8) is 0 Å². The highest BCUT2D eigenvalue weighted by atomic mass is 16.5. The molecule has 2 aromatic carbocycles. The first kappa shape index (κ1) is 25.0. The summed E-state index contributed by atoms with van der Waals surface area (Å²) in [4.78, 5) is 33.3. The Kier molecular flexibility index (Phi) is 8.34. The molecule has 4 rings (SSSR count). The van der Waals surface area contributed by atoms with Crippen LogP contribution < -0.4 is 14.8 Å². The molecule has 7 nitrogen and oxygen atoms in total. The summed E-state index contributed by atoms with van der Waals surface area (Å²) in [6.45, 7) is 2.78. The number of hydrogen-bond donors (Lipinski definition) is 1. The Morgan fingerprint density at radius 3 is 2.64 bits per heavy atom. The number of ether oxygens (including phenoxy) is 2. The van der Waals surface area contributed by atoms with E-state index >= 15 is 0 Å². The lowest BCUT2D eigenvalue weighted by Gasteiger charge is -2.36. The lowest BCUT2D eigenvalue weighted by atomic mass is 9.97. The number of hydrogen-bond acceptors (Lipinski definition) is 5. The number of carbonyl (C=O) groups is 2. The lowest BCUT2D eigenvalue weighted by Crippen LogP contribution is -2.51. The highest BCUT2D eigenvalue weighted by molar-refractivity contribution is 5.98. The summed E-state index contributed by atoms with van der Waals surface area (Å²) in [6.07, 6.45) is 8.65. The number of amides is 2. The molecule has 0 bridgehead atoms. The van der Waals surface area contributed by atoms with E-state index in [1.54, 1.807) is 37.7 Å². The van der Waals surface area contributed by atoms with Crippen LogP contribution in [0.5, 0.6) is 11.5 Å². The van der Waals surface area contributed by atoms with Crippen LogP contribution in [0.4, 0.5) is 0 Å². The molecule has 1 unspecified atom stereocenters. The Morgan fingerprint density at radius 2 is 1.92 bits per heavy atom. The first-order valence-corrected chi connectivity index (χ1v) is 12.1. The molecule has 36 heavy (non-hydrogen) atoms. The minimum atomic E-state index is -0.747. The van der Waals surface area contributed by atoms with Crippen molar-refractivity contribution >= 4 is 11.8 Å². The molecule has 1 N–H and O–H groups in total. The second-order valence-corrected chi connectivity index (χ2v) is 8.51. The largest absolute Gasteiger partial charge is 0.493 e. The molecule has 0 fully saturated rings. The number of aromatic nitrogens is 1. The Bertz CT molecular complexity index is 1200. The third kappa shape index (κ3) is 5.92. The number of pyridine rings is 1. The molecule has 0 saturated carbocycles. The van der Waals surface area contributed by atoms with E-state index in [2.05, 4.69) is 16.4 Å². The number of nitrogens with zero attached hydrogens (tertiary/aromatic N) is 2. The van der Waals surface area contributed by atoms with Crippen LogP contribution in [-0.4, -0.2) is 48.0 Å². The van der Waals surface area contributed by atoms with Crippen molar-refractivity contribution < 1.29 is 19.1 Å². The zero-order chi connectivity index (χ0) is 25.3. The van der Waals surface area contributed by atoms with Gasteiger partial charge in [-0.05, 0) is 48.7 Å². The number of carbonyl (C=O) groups excluding carboxylic acids is 2. The molecular weight excluding hydrogens is 454 g/mol. The molecule has 0 saturated heterocycles. The number of methoxy groups -OCH3 is 1. The Hall–Kier alpha value is -4.13. The van der Waals surface area contributed by atoms with Gasteiger partial charge in [-0.2, -0.15) is 0 Å². The Labute approximate surface area is 211 Å². The second kappa shape index (κ2) is 12.0. The summed E-state index contributed by atoms with van der Waals surface area (Å²) in [6, 6.07) is 17.7. The normalized spacial score (nSPS) is 15.7. The van der Waals surface area contributed by atoms with Gasteiger partial charge in [-0.3, -0.25) is 14.6 Å². The molecule has 2 heterocycles. The molecule has 2 amide bonds.